The molecule has 6 heteroatoms. The Morgan fingerprint density at radius 2 is 2.00 bits per heavy atom. The van der Waals surface area contributed by atoms with Gasteiger partial charge >= 0.3 is 0 Å². The predicted molar refractivity (Wildman–Crippen MR) is 74.4 cm³/mol. The standard InChI is InChI=1S/C13H15N5O/c1-15-12(19)8-16-11-7-10(14)17-13(18-11)9-5-3-2-4-6-9/h2-7H,8H2,1H3,(H,15,19)(H3,14,16,17,18). The zero-order valence-corrected chi connectivity index (χ0v) is 10.6. The maximum absolute atomic E-state index is 11.2. The van der Waals surface area contributed by atoms with Crippen molar-refractivity contribution >= 4 is 17.5 Å². The van der Waals surface area contributed by atoms with E-state index >= 15 is 0 Å². The molecule has 0 spiro atoms. The number of hydrogen-bond acceptors (Lipinski definition) is 5. The van der Waals surface area contributed by atoms with Gasteiger partial charge in [-0.05, 0) is 0 Å². The van der Waals surface area contributed by atoms with E-state index < -0.39 is 0 Å². The number of carbonyl (C=O) groups excluding carboxylic acids is 1. The zero-order valence-electron chi connectivity index (χ0n) is 10.6. The van der Waals surface area contributed by atoms with E-state index in [0.717, 1.165) is 5.56 Å². The summed E-state index contributed by atoms with van der Waals surface area (Å²) in [6.45, 7) is 0.140. The van der Waals surface area contributed by atoms with Crippen molar-refractivity contribution in [3.05, 3.63) is 36.4 Å². The Hall–Kier alpha value is -2.63. The molecule has 1 aromatic carbocycles. The number of hydrogen-bond donors (Lipinski definition) is 3. The minimum absolute atomic E-state index is 0.126. The van der Waals surface area contributed by atoms with Gasteiger partial charge in [0.05, 0.1) is 6.54 Å². The van der Waals surface area contributed by atoms with Crippen molar-refractivity contribution in [2.75, 3.05) is 24.6 Å². The molecular weight excluding hydrogens is 242 g/mol. The molecule has 1 heterocycles. The average molecular weight is 257 g/mol. The minimum Gasteiger partial charge on any atom is -0.384 e. The lowest BCUT2D eigenvalue weighted by atomic mass is 10.2. The highest BCUT2D eigenvalue weighted by atomic mass is 16.1. The van der Waals surface area contributed by atoms with Gasteiger partial charge in [-0.1, -0.05) is 30.3 Å². The molecule has 0 aliphatic rings. The van der Waals surface area contributed by atoms with Crippen LogP contribution in [-0.2, 0) is 4.79 Å². The van der Waals surface area contributed by atoms with Crippen molar-refractivity contribution in [2.45, 2.75) is 0 Å². The van der Waals surface area contributed by atoms with E-state index in [0.29, 0.717) is 17.5 Å². The second-order valence-electron chi connectivity index (χ2n) is 3.89. The normalized spacial score (nSPS) is 9.95. The van der Waals surface area contributed by atoms with Crippen LogP contribution in [0.4, 0.5) is 11.6 Å². The number of nitrogens with two attached hydrogens (primary N) is 1. The van der Waals surface area contributed by atoms with E-state index in [2.05, 4.69) is 20.6 Å². The maximum Gasteiger partial charge on any atom is 0.239 e. The van der Waals surface area contributed by atoms with E-state index in [1.165, 1.54) is 0 Å². The molecule has 0 bridgehead atoms. The van der Waals surface area contributed by atoms with Crippen LogP contribution in [0.2, 0.25) is 0 Å². The third-order valence-electron chi connectivity index (χ3n) is 2.49. The van der Waals surface area contributed by atoms with Gasteiger partial charge in [-0.15, -0.1) is 0 Å². The van der Waals surface area contributed by atoms with Crippen LogP contribution in [0.25, 0.3) is 11.4 Å². The first-order chi connectivity index (χ1) is 9.19. The second kappa shape index (κ2) is 5.81. The van der Waals surface area contributed by atoms with Crippen molar-refractivity contribution in [3.63, 3.8) is 0 Å². The topological polar surface area (TPSA) is 92.9 Å². The fraction of sp³-hybridized carbons (Fsp3) is 0.154. The average Bonchev–Trinajstić information content (AvgIpc) is 2.45. The maximum atomic E-state index is 11.2. The quantitative estimate of drug-likeness (QED) is 0.756. The highest BCUT2D eigenvalue weighted by Gasteiger charge is 2.06. The highest BCUT2D eigenvalue weighted by molar-refractivity contribution is 5.80. The van der Waals surface area contributed by atoms with Crippen molar-refractivity contribution in [2.24, 2.45) is 0 Å². The van der Waals surface area contributed by atoms with Crippen molar-refractivity contribution in [3.8, 4) is 11.4 Å². The molecule has 4 N–H and O–H groups in total. The monoisotopic (exact) mass is 257 g/mol. The smallest absolute Gasteiger partial charge is 0.239 e. The third kappa shape index (κ3) is 3.41. The number of aromatic nitrogens is 2. The summed E-state index contributed by atoms with van der Waals surface area (Å²) in [6.07, 6.45) is 0. The molecule has 1 amide bonds. The number of rotatable bonds is 4. The molecule has 2 aromatic rings. The summed E-state index contributed by atoms with van der Waals surface area (Å²) in [6, 6.07) is 11.1. The van der Waals surface area contributed by atoms with Crippen molar-refractivity contribution < 1.29 is 4.79 Å². The largest absolute Gasteiger partial charge is 0.384 e. The van der Waals surface area contributed by atoms with Gasteiger partial charge in [-0.2, -0.15) is 0 Å². The van der Waals surface area contributed by atoms with Gasteiger partial charge in [0.1, 0.15) is 11.6 Å². The number of anilines is 2. The Bertz CT molecular complexity index is 571. The molecule has 0 aliphatic heterocycles. The fourth-order valence-electron chi connectivity index (χ4n) is 1.53. The van der Waals surface area contributed by atoms with E-state index in [1.54, 1.807) is 13.1 Å². The van der Waals surface area contributed by atoms with Crippen LogP contribution < -0.4 is 16.4 Å². The number of nitrogens with one attached hydrogen (secondary N) is 2. The summed E-state index contributed by atoms with van der Waals surface area (Å²) in [5, 5.41) is 5.42. The van der Waals surface area contributed by atoms with Crippen LogP contribution in [0.3, 0.4) is 0 Å². The molecule has 0 atom stereocenters. The first kappa shape index (κ1) is 12.8. The predicted octanol–water partition coefficient (Wildman–Crippen LogP) is 0.884. The number of carbonyl (C=O) groups is 1. The van der Waals surface area contributed by atoms with Crippen LogP contribution in [0.1, 0.15) is 0 Å². The first-order valence-electron chi connectivity index (χ1n) is 5.83. The summed E-state index contributed by atoms with van der Waals surface area (Å²) in [5.74, 6) is 1.28. The number of nitrogens with zero attached hydrogens (tertiary/aromatic N) is 2. The molecule has 1 aromatic heterocycles. The van der Waals surface area contributed by atoms with Gasteiger partial charge in [-0.3, -0.25) is 4.79 Å². The molecular formula is C13H15N5O. The lowest BCUT2D eigenvalue weighted by Gasteiger charge is -2.07. The van der Waals surface area contributed by atoms with Crippen LogP contribution in [0, 0.1) is 0 Å². The summed E-state index contributed by atoms with van der Waals surface area (Å²) < 4.78 is 0. The molecule has 0 fully saturated rings. The number of likely N-dealkylation sites (N-methyl/N-ethyl adjacent to an activating group) is 1. The van der Waals surface area contributed by atoms with E-state index in [1.807, 2.05) is 30.3 Å². The van der Waals surface area contributed by atoms with Crippen LogP contribution in [0.15, 0.2) is 36.4 Å². The highest BCUT2D eigenvalue weighted by Crippen LogP contribution is 2.18. The summed E-state index contributed by atoms with van der Waals surface area (Å²) in [7, 11) is 1.58. The van der Waals surface area contributed by atoms with Crippen LogP contribution in [-0.4, -0.2) is 29.5 Å². The molecule has 0 unspecified atom stereocenters. The SMILES string of the molecule is CNC(=O)CNc1cc(N)nc(-c2ccccc2)n1. The Labute approximate surface area is 111 Å². The van der Waals surface area contributed by atoms with Gasteiger partial charge < -0.3 is 16.4 Å². The van der Waals surface area contributed by atoms with Gasteiger partial charge in [0.2, 0.25) is 5.91 Å². The Morgan fingerprint density at radius 1 is 1.26 bits per heavy atom. The van der Waals surface area contributed by atoms with Crippen molar-refractivity contribution in [1.82, 2.24) is 15.3 Å². The first-order valence-corrected chi connectivity index (χ1v) is 5.83. The van der Waals surface area contributed by atoms with Crippen molar-refractivity contribution in [1.29, 1.82) is 0 Å². The Kier molecular flexibility index (Phi) is 3.92. The van der Waals surface area contributed by atoms with Gasteiger partial charge in [0, 0.05) is 18.7 Å². The van der Waals surface area contributed by atoms with Crippen LogP contribution >= 0.6 is 0 Å². The molecule has 6 nitrogen and oxygen atoms in total. The van der Waals surface area contributed by atoms with Gasteiger partial charge in [-0.25, -0.2) is 9.97 Å². The molecule has 19 heavy (non-hydrogen) atoms. The fourth-order valence-corrected chi connectivity index (χ4v) is 1.53. The summed E-state index contributed by atoms with van der Waals surface area (Å²) in [4.78, 5) is 19.7. The number of amides is 1. The van der Waals surface area contributed by atoms with E-state index in [-0.39, 0.29) is 12.5 Å². The Balaban J connectivity index is 2.22. The van der Waals surface area contributed by atoms with Gasteiger partial charge in [0.15, 0.2) is 5.82 Å². The lowest BCUT2D eigenvalue weighted by Crippen LogP contribution is -2.26. The zero-order chi connectivity index (χ0) is 13.7. The lowest BCUT2D eigenvalue weighted by molar-refractivity contribution is -0.118. The summed E-state index contributed by atoms with van der Waals surface area (Å²) in [5.41, 5.74) is 6.62. The second-order valence-corrected chi connectivity index (χ2v) is 3.89. The molecule has 0 aliphatic carbocycles. The van der Waals surface area contributed by atoms with Crippen LogP contribution in [0.5, 0.6) is 0 Å². The Morgan fingerprint density at radius 3 is 2.68 bits per heavy atom. The molecule has 0 radical (unpaired) electrons. The molecule has 98 valence electrons. The number of benzene rings is 1. The summed E-state index contributed by atoms with van der Waals surface area (Å²) >= 11 is 0. The van der Waals surface area contributed by atoms with E-state index in [4.69, 9.17) is 5.73 Å². The van der Waals surface area contributed by atoms with Gasteiger partial charge in [0.25, 0.3) is 0 Å². The molecule has 2 rings (SSSR count). The molecule has 0 saturated heterocycles. The van der Waals surface area contributed by atoms with E-state index in [9.17, 15) is 4.79 Å². The minimum atomic E-state index is -0.126. The number of nitrogen functional groups attached to an aromatic ring is 1. The third-order valence-corrected chi connectivity index (χ3v) is 2.49. The molecule has 0 saturated carbocycles.